The molecule has 3 unspecified atom stereocenters. The summed E-state index contributed by atoms with van der Waals surface area (Å²) in [4.78, 5) is 12.2. The summed E-state index contributed by atoms with van der Waals surface area (Å²) in [6, 6.07) is 12.8. The molecular weight excluding hydrogens is 428 g/mol. The van der Waals surface area contributed by atoms with Gasteiger partial charge in [-0.1, -0.05) is 18.2 Å². The molecule has 5 atom stereocenters. The van der Waals surface area contributed by atoms with Gasteiger partial charge in [0.2, 0.25) is 6.29 Å². The SMILES string of the molecule is COC1O[C@@H](Oc2ccc3cc2Oc2ccc(cc2)CCC(=O)CC(O)CC3)C(O)C[C@H]1O. The Kier molecular flexibility index (Phi) is 7.62. The van der Waals surface area contributed by atoms with E-state index in [9.17, 15) is 20.1 Å². The van der Waals surface area contributed by atoms with Gasteiger partial charge >= 0.3 is 0 Å². The number of rotatable bonds is 3. The molecule has 0 aliphatic carbocycles. The van der Waals surface area contributed by atoms with Crippen LogP contribution in [0.3, 0.4) is 0 Å². The predicted octanol–water partition coefficient (Wildman–Crippen LogP) is 2.50. The second kappa shape index (κ2) is 10.6. The normalized spacial score (nSPS) is 28.5. The number of ketones is 1. The van der Waals surface area contributed by atoms with Crippen LogP contribution in [0.25, 0.3) is 0 Å². The standard InChI is InChI=1S/C25H30O8/c1-30-24-20(28)14-21(29)25(33-24)32-22-11-6-16-3-8-18(27)13-17(26)7-2-15-4-9-19(10-5-15)31-23(22)12-16/h4-6,9-12,18,20-21,24-25,27-29H,2-3,7-8,13-14H2,1H3/t18?,20-,21?,24?,25-/m1/s1. The first kappa shape index (κ1) is 23.7. The molecule has 0 aromatic heterocycles. The van der Waals surface area contributed by atoms with Crippen LogP contribution in [0.1, 0.15) is 36.8 Å². The van der Waals surface area contributed by atoms with Crippen LogP contribution in [-0.2, 0) is 27.1 Å². The summed E-state index contributed by atoms with van der Waals surface area (Å²) >= 11 is 0. The molecule has 0 amide bonds. The maximum atomic E-state index is 12.2. The van der Waals surface area contributed by atoms with Crippen molar-refractivity contribution in [2.75, 3.05) is 7.11 Å². The number of hydrogen-bond acceptors (Lipinski definition) is 8. The van der Waals surface area contributed by atoms with Crippen molar-refractivity contribution in [3.63, 3.8) is 0 Å². The monoisotopic (exact) mass is 458 g/mol. The fourth-order valence-corrected chi connectivity index (χ4v) is 4.05. The van der Waals surface area contributed by atoms with Crippen LogP contribution in [0.4, 0.5) is 0 Å². The van der Waals surface area contributed by atoms with E-state index < -0.39 is 30.9 Å². The molecule has 178 valence electrons. The van der Waals surface area contributed by atoms with Crippen molar-refractivity contribution < 1.29 is 39.1 Å². The third-order valence-electron chi connectivity index (χ3n) is 5.94. The van der Waals surface area contributed by atoms with E-state index in [0.717, 1.165) is 11.1 Å². The first-order valence-electron chi connectivity index (χ1n) is 11.2. The summed E-state index contributed by atoms with van der Waals surface area (Å²) in [5, 5.41) is 30.6. The predicted molar refractivity (Wildman–Crippen MR) is 118 cm³/mol. The second-order valence-electron chi connectivity index (χ2n) is 8.56. The highest BCUT2D eigenvalue weighted by Crippen LogP contribution is 2.36. The molecule has 3 heterocycles. The Morgan fingerprint density at radius 3 is 2.39 bits per heavy atom. The van der Waals surface area contributed by atoms with Crippen LogP contribution in [0.5, 0.6) is 17.2 Å². The molecule has 5 rings (SSSR count). The molecule has 3 N–H and O–H groups in total. The molecule has 3 aliphatic rings. The number of aliphatic hydroxyl groups is 3. The number of carbonyl (C=O) groups excluding carboxylic acids is 1. The Balaban J connectivity index is 1.60. The molecule has 8 heteroatoms. The van der Waals surface area contributed by atoms with Gasteiger partial charge in [0.25, 0.3) is 0 Å². The number of carbonyl (C=O) groups is 1. The summed E-state index contributed by atoms with van der Waals surface area (Å²) in [5.74, 6) is 1.43. The Hall–Kier alpha value is -2.49. The lowest BCUT2D eigenvalue weighted by Gasteiger charge is -2.36. The molecular formula is C25H30O8. The highest BCUT2D eigenvalue weighted by atomic mass is 16.8. The van der Waals surface area contributed by atoms with E-state index in [4.69, 9.17) is 18.9 Å². The van der Waals surface area contributed by atoms with Gasteiger partial charge in [0.05, 0.1) is 6.10 Å². The van der Waals surface area contributed by atoms with E-state index in [0.29, 0.717) is 42.9 Å². The number of ether oxygens (including phenoxy) is 4. The van der Waals surface area contributed by atoms with Crippen molar-refractivity contribution in [2.45, 2.75) is 69.4 Å². The van der Waals surface area contributed by atoms with Gasteiger partial charge in [-0.2, -0.15) is 0 Å². The van der Waals surface area contributed by atoms with Crippen molar-refractivity contribution in [3.05, 3.63) is 53.6 Å². The molecule has 2 aromatic carbocycles. The van der Waals surface area contributed by atoms with Crippen LogP contribution in [0.2, 0.25) is 0 Å². The summed E-state index contributed by atoms with van der Waals surface area (Å²) in [7, 11) is 1.41. The fraction of sp³-hybridized carbons (Fsp3) is 0.480. The van der Waals surface area contributed by atoms with Gasteiger partial charge in [0, 0.05) is 26.4 Å². The third kappa shape index (κ3) is 6.10. The number of hydrogen-bond donors (Lipinski definition) is 3. The Labute approximate surface area is 192 Å². The van der Waals surface area contributed by atoms with E-state index in [1.54, 1.807) is 6.07 Å². The number of benzene rings is 2. The molecule has 2 aromatic rings. The molecule has 0 spiro atoms. The second-order valence-corrected chi connectivity index (χ2v) is 8.56. The fourth-order valence-electron chi connectivity index (χ4n) is 4.05. The largest absolute Gasteiger partial charge is 0.458 e. The maximum Gasteiger partial charge on any atom is 0.228 e. The highest BCUT2D eigenvalue weighted by Gasteiger charge is 2.38. The minimum absolute atomic E-state index is 0.0488. The topological polar surface area (TPSA) is 115 Å². The summed E-state index contributed by atoms with van der Waals surface area (Å²) in [5.41, 5.74) is 1.92. The molecule has 4 bridgehead atoms. The van der Waals surface area contributed by atoms with Crippen LogP contribution in [-0.4, -0.2) is 59.1 Å². The minimum Gasteiger partial charge on any atom is -0.458 e. The lowest BCUT2D eigenvalue weighted by Crippen LogP contribution is -2.50. The van der Waals surface area contributed by atoms with E-state index in [2.05, 4.69) is 0 Å². The first-order chi connectivity index (χ1) is 15.9. The number of fused-ring (bicyclic) bond motifs is 8. The molecule has 0 radical (unpaired) electrons. The highest BCUT2D eigenvalue weighted by molar-refractivity contribution is 5.79. The quantitative estimate of drug-likeness (QED) is 0.643. The van der Waals surface area contributed by atoms with Crippen LogP contribution in [0.15, 0.2) is 42.5 Å². The molecule has 0 saturated carbocycles. The van der Waals surface area contributed by atoms with Crippen molar-refractivity contribution in [1.82, 2.24) is 0 Å². The van der Waals surface area contributed by atoms with Crippen molar-refractivity contribution in [1.29, 1.82) is 0 Å². The van der Waals surface area contributed by atoms with Crippen LogP contribution >= 0.6 is 0 Å². The van der Waals surface area contributed by atoms with Gasteiger partial charge in [-0.05, 0) is 54.7 Å². The zero-order valence-corrected chi connectivity index (χ0v) is 18.6. The minimum atomic E-state index is -1.05. The number of aliphatic hydroxyl groups excluding tert-OH is 3. The summed E-state index contributed by atoms with van der Waals surface area (Å²) < 4.78 is 22.7. The summed E-state index contributed by atoms with van der Waals surface area (Å²) in [6.45, 7) is 0. The maximum absolute atomic E-state index is 12.2. The zero-order chi connectivity index (χ0) is 23.4. The lowest BCUT2D eigenvalue weighted by molar-refractivity contribution is -0.299. The van der Waals surface area contributed by atoms with Gasteiger partial charge in [0.15, 0.2) is 17.8 Å². The molecule has 3 aliphatic heterocycles. The number of aryl methyl sites for hydroxylation is 2. The van der Waals surface area contributed by atoms with E-state index in [1.165, 1.54) is 7.11 Å². The van der Waals surface area contributed by atoms with Crippen LogP contribution < -0.4 is 9.47 Å². The first-order valence-corrected chi connectivity index (χ1v) is 11.2. The molecule has 8 nitrogen and oxygen atoms in total. The zero-order valence-electron chi connectivity index (χ0n) is 18.6. The third-order valence-corrected chi connectivity index (χ3v) is 5.94. The Morgan fingerprint density at radius 2 is 1.64 bits per heavy atom. The van der Waals surface area contributed by atoms with Gasteiger partial charge in [-0.3, -0.25) is 4.79 Å². The van der Waals surface area contributed by atoms with E-state index in [-0.39, 0.29) is 18.6 Å². The Bertz CT molecular complexity index is 944. The molecule has 1 saturated heterocycles. The molecule has 33 heavy (non-hydrogen) atoms. The number of methoxy groups -OCH3 is 1. The summed E-state index contributed by atoms with van der Waals surface area (Å²) in [6.07, 6.45) is -2.45. The van der Waals surface area contributed by atoms with E-state index >= 15 is 0 Å². The number of Topliss-reactive ketones (excluding diaryl/α,β-unsaturated/α-hetero) is 1. The van der Waals surface area contributed by atoms with Gasteiger partial charge in [-0.25, -0.2) is 0 Å². The smallest absolute Gasteiger partial charge is 0.228 e. The lowest BCUT2D eigenvalue weighted by atomic mass is 10.00. The van der Waals surface area contributed by atoms with Gasteiger partial charge in [0.1, 0.15) is 23.7 Å². The molecule has 1 fully saturated rings. The van der Waals surface area contributed by atoms with Crippen molar-refractivity contribution >= 4 is 5.78 Å². The average Bonchev–Trinajstić information content (AvgIpc) is 2.80. The van der Waals surface area contributed by atoms with Gasteiger partial charge in [-0.15, -0.1) is 0 Å². The van der Waals surface area contributed by atoms with E-state index in [1.807, 2.05) is 36.4 Å². The van der Waals surface area contributed by atoms with Crippen molar-refractivity contribution in [3.8, 4) is 17.2 Å². The van der Waals surface area contributed by atoms with Gasteiger partial charge < -0.3 is 34.3 Å². The van der Waals surface area contributed by atoms with Crippen LogP contribution in [0, 0.1) is 0 Å². The average molecular weight is 459 g/mol. The Morgan fingerprint density at radius 1 is 0.909 bits per heavy atom. The van der Waals surface area contributed by atoms with Crippen molar-refractivity contribution in [2.24, 2.45) is 0 Å².